The number of aromatic nitrogens is 2. The van der Waals surface area contributed by atoms with Gasteiger partial charge in [0, 0.05) is 25.4 Å². The molecule has 1 aliphatic heterocycles. The molecule has 2 aliphatic rings. The molecule has 25 heavy (non-hydrogen) atoms. The summed E-state index contributed by atoms with van der Waals surface area (Å²) in [5.74, 6) is 2.62. The Balaban J connectivity index is 1.62. The average molecular weight is 339 g/mol. The number of benzene rings is 1. The molecule has 0 N–H and O–H groups in total. The van der Waals surface area contributed by atoms with Gasteiger partial charge in [0.15, 0.2) is 0 Å². The number of ether oxygens (including phenoxy) is 1. The zero-order valence-electron chi connectivity index (χ0n) is 14.7. The Bertz CT molecular complexity index is 749. The summed E-state index contributed by atoms with van der Waals surface area (Å²) < 4.78 is 7.54. The topological polar surface area (TPSA) is 47.4 Å². The molecular weight excluding hydrogens is 314 g/mol. The van der Waals surface area contributed by atoms with Crippen LogP contribution in [0.1, 0.15) is 49.5 Å². The van der Waals surface area contributed by atoms with E-state index in [0.29, 0.717) is 18.9 Å². The summed E-state index contributed by atoms with van der Waals surface area (Å²) in [6.07, 6.45) is 9.41. The van der Waals surface area contributed by atoms with Crippen LogP contribution >= 0.6 is 0 Å². The van der Waals surface area contributed by atoms with Crippen molar-refractivity contribution >= 4 is 5.91 Å². The minimum atomic E-state index is 0.0331. The van der Waals surface area contributed by atoms with Crippen molar-refractivity contribution < 1.29 is 9.53 Å². The third kappa shape index (κ3) is 3.28. The molecule has 1 aliphatic carbocycles. The van der Waals surface area contributed by atoms with Crippen LogP contribution in [0.15, 0.2) is 36.7 Å². The van der Waals surface area contributed by atoms with Crippen LogP contribution in [0.25, 0.3) is 0 Å². The second kappa shape index (κ2) is 6.90. The van der Waals surface area contributed by atoms with Gasteiger partial charge in [-0.3, -0.25) is 4.79 Å². The first-order valence-electron chi connectivity index (χ1n) is 9.18. The number of carbonyl (C=O) groups is 1. The summed E-state index contributed by atoms with van der Waals surface area (Å²) in [6.45, 7) is 1.33. The molecule has 0 radical (unpaired) electrons. The highest BCUT2D eigenvalue weighted by molar-refractivity contribution is 5.77. The molecule has 2 aromatic rings. The number of amides is 1. The maximum atomic E-state index is 13.1. The fourth-order valence-electron chi connectivity index (χ4n) is 4.18. The molecule has 5 heteroatoms. The maximum Gasteiger partial charge on any atom is 0.223 e. The van der Waals surface area contributed by atoms with Crippen molar-refractivity contribution in [3.8, 4) is 5.75 Å². The van der Waals surface area contributed by atoms with Crippen molar-refractivity contribution in [1.29, 1.82) is 0 Å². The summed E-state index contributed by atoms with van der Waals surface area (Å²) in [5.41, 5.74) is 1.12. The van der Waals surface area contributed by atoms with E-state index in [2.05, 4.69) is 15.6 Å². The van der Waals surface area contributed by atoms with Crippen LogP contribution in [-0.4, -0.2) is 27.5 Å². The van der Waals surface area contributed by atoms with Gasteiger partial charge in [0.1, 0.15) is 11.6 Å². The summed E-state index contributed by atoms with van der Waals surface area (Å²) >= 11 is 0. The largest absolute Gasteiger partial charge is 0.497 e. The van der Waals surface area contributed by atoms with Crippen molar-refractivity contribution in [3.05, 3.63) is 48.0 Å². The van der Waals surface area contributed by atoms with Crippen LogP contribution in [0.2, 0.25) is 0 Å². The van der Waals surface area contributed by atoms with Gasteiger partial charge in [-0.25, -0.2) is 4.98 Å². The molecule has 0 saturated heterocycles. The number of fused-ring (bicyclic) bond motifs is 1. The Hall–Kier alpha value is -2.30. The first-order valence-corrected chi connectivity index (χ1v) is 9.18. The lowest BCUT2D eigenvalue weighted by atomic mass is 9.99. The highest BCUT2D eigenvalue weighted by atomic mass is 16.5. The molecule has 1 fully saturated rings. The van der Waals surface area contributed by atoms with Gasteiger partial charge in [0.05, 0.1) is 19.7 Å². The van der Waals surface area contributed by atoms with Crippen molar-refractivity contribution in [1.82, 2.24) is 14.5 Å². The first-order chi connectivity index (χ1) is 12.2. The molecular formula is C20H25N3O2. The zero-order chi connectivity index (χ0) is 17.2. The van der Waals surface area contributed by atoms with E-state index < -0.39 is 0 Å². The lowest BCUT2D eigenvalue weighted by molar-refractivity contribution is -0.136. The second-order valence-corrected chi connectivity index (χ2v) is 7.16. The van der Waals surface area contributed by atoms with Crippen LogP contribution < -0.4 is 4.74 Å². The van der Waals surface area contributed by atoms with Crippen molar-refractivity contribution in [2.75, 3.05) is 7.11 Å². The normalized spacial score (nSPS) is 20.5. The predicted octanol–water partition coefficient (Wildman–Crippen LogP) is 3.56. The molecule has 0 spiro atoms. The fourth-order valence-corrected chi connectivity index (χ4v) is 4.18. The van der Waals surface area contributed by atoms with Gasteiger partial charge < -0.3 is 14.2 Å². The van der Waals surface area contributed by atoms with Crippen LogP contribution in [-0.2, 0) is 17.9 Å². The van der Waals surface area contributed by atoms with E-state index in [1.165, 1.54) is 25.7 Å². The molecule has 0 bridgehead atoms. The maximum absolute atomic E-state index is 13.1. The van der Waals surface area contributed by atoms with Crippen LogP contribution in [0.4, 0.5) is 0 Å². The fraction of sp³-hybridized carbons (Fsp3) is 0.500. The molecule has 1 atom stereocenters. The Kier molecular flexibility index (Phi) is 4.47. The molecule has 0 unspecified atom stereocenters. The molecule has 1 amide bonds. The van der Waals surface area contributed by atoms with Gasteiger partial charge in [-0.1, -0.05) is 25.0 Å². The van der Waals surface area contributed by atoms with Gasteiger partial charge in [-0.05, 0) is 36.5 Å². The number of methoxy groups -OCH3 is 1. The zero-order valence-corrected chi connectivity index (χ0v) is 14.7. The Morgan fingerprint density at radius 2 is 2.16 bits per heavy atom. The van der Waals surface area contributed by atoms with Gasteiger partial charge in [-0.15, -0.1) is 0 Å². The van der Waals surface area contributed by atoms with E-state index >= 15 is 0 Å². The number of rotatable bonds is 4. The SMILES string of the molecule is COc1cccc([C@H]2Cn3ccnc3CN2C(=O)CC2CCCC2)c1. The summed E-state index contributed by atoms with van der Waals surface area (Å²) in [4.78, 5) is 19.5. The van der Waals surface area contributed by atoms with Gasteiger partial charge in [0.2, 0.25) is 5.91 Å². The number of hydrogen-bond acceptors (Lipinski definition) is 3. The minimum absolute atomic E-state index is 0.0331. The van der Waals surface area contributed by atoms with E-state index in [4.69, 9.17) is 4.74 Å². The van der Waals surface area contributed by atoms with E-state index in [1.807, 2.05) is 35.5 Å². The Morgan fingerprint density at radius 1 is 1.32 bits per heavy atom. The van der Waals surface area contributed by atoms with Crippen molar-refractivity contribution in [2.24, 2.45) is 5.92 Å². The Labute approximate surface area is 148 Å². The number of carbonyl (C=O) groups excluding carboxylic acids is 1. The van der Waals surface area contributed by atoms with E-state index in [-0.39, 0.29) is 11.9 Å². The third-order valence-electron chi connectivity index (χ3n) is 5.60. The summed E-state index contributed by atoms with van der Waals surface area (Å²) in [7, 11) is 1.68. The second-order valence-electron chi connectivity index (χ2n) is 7.16. The van der Waals surface area contributed by atoms with Crippen LogP contribution in [0.5, 0.6) is 5.75 Å². The Morgan fingerprint density at radius 3 is 2.96 bits per heavy atom. The molecule has 4 rings (SSSR count). The molecule has 5 nitrogen and oxygen atoms in total. The summed E-state index contributed by atoms with van der Waals surface area (Å²) in [5, 5.41) is 0. The molecule has 2 heterocycles. The van der Waals surface area contributed by atoms with Crippen molar-refractivity contribution in [2.45, 2.75) is 51.2 Å². The smallest absolute Gasteiger partial charge is 0.223 e. The lowest BCUT2D eigenvalue weighted by Gasteiger charge is -2.37. The van der Waals surface area contributed by atoms with Gasteiger partial charge in [-0.2, -0.15) is 0 Å². The van der Waals surface area contributed by atoms with E-state index in [0.717, 1.165) is 23.7 Å². The molecule has 1 aromatic carbocycles. The van der Waals surface area contributed by atoms with Crippen molar-refractivity contribution in [3.63, 3.8) is 0 Å². The van der Waals surface area contributed by atoms with E-state index in [9.17, 15) is 4.79 Å². The summed E-state index contributed by atoms with van der Waals surface area (Å²) in [6, 6.07) is 8.11. The molecule has 1 saturated carbocycles. The number of imidazole rings is 1. The molecule has 132 valence electrons. The first kappa shape index (κ1) is 16.2. The number of nitrogens with zero attached hydrogens (tertiary/aromatic N) is 3. The van der Waals surface area contributed by atoms with Gasteiger partial charge >= 0.3 is 0 Å². The van der Waals surface area contributed by atoms with E-state index in [1.54, 1.807) is 7.11 Å². The number of hydrogen-bond donors (Lipinski definition) is 0. The van der Waals surface area contributed by atoms with Crippen LogP contribution in [0.3, 0.4) is 0 Å². The van der Waals surface area contributed by atoms with Crippen LogP contribution in [0, 0.1) is 5.92 Å². The average Bonchev–Trinajstić information content (AvgIpc) is 3.31. The highest BCUT2D eigenvalue weighted by Gasteiger charge is 2.33. The quantitative estimate of drug-likeness (QED) is 0.856. The monoisotopic (exact) mass is 339 g/mol. The highest BCUT2D eigenvalue weighted by Crippen LogP contribution is 2.34. The lowest BCUT2D eigenvalue weighted by Crippen LogP contribution is -2.41. The van der Waals surface area contributed by atoms with Gasteiger partial charge in [0.25, 0.3) is 0 Å². The minimum Gasteiger partial charge on any atom is -0.497 e. The third-order valence-corrected chi connectivity index (χ3v) is 5.60. The standard InChI is InChI=1S/C20H25N3O2/c1-25-17-8-4-7-16(12-17)18-13-22-10-9-21-19(22)14-23(18)20(24)11-15-5-2-3-6-15/h4,7-10,12,15,18H,2-3,5-6,11,13-14H2,1H3/t18-/m1/s1. The predicted molar refractivity (Wildman–Crippen MR) is 95.1 cm³/mol. The molecule has 1 aromatic heterocycles.